The van der Waals surface area contributed by atoms with Crippen molar-refractivity contribution in [2.45, 2.75) is 19.4 Å². The zero-order valence-corrected chi connectivity index (χ0v) is 15.2. The summed E-state index contributed by atoms with van der Waals surface area (Å²) >= 11 is 25.7. The zero-order chi connectivity index (χ0) is 16.0. The van der Waals surface area contributed by atoms with Crippen LogP contribution in [0, 0.1) is 0 Å². The van der Waals surface area contributed by atoms with Crippen molar-refractivity contribution in [1.29, 1.82) is 0 Å². The first-order chi connectivity index (χ1) is 10.4. The van der Waals surface area contributed by atoms with E-state index in [0.717, 1.165) is 12.0 Å². The van der Waals surface area contributed by atoms with Gasteiger partial charge in [0, 0.05) is 11.4 Å². The van der Waals surface area contributed by atoms with Crippen molar-refractivity contribution in [3.8, 4) is 0 Å². The number of rotatable bonds is 1. The highest BCUT2D eigenvalue weighted by Crippen LogP contribution is 2.38. The van der Waals surface area contributed by atoms with Crippen LogP contribution in [-0.2, 0) is 6.42 Å². The molecule has 0 bridgehead atoms. The number of hydrogen-bond donors (Lipinski definition) is 0. The Morgan fingerprint density at radius 1 is 1.27 bits per heavy atom. The molecule has 1 amide bonds. The Hall–Kier alpha value is -0.520. The summed E-state index contributed by atoms with van der Waals surface area (Å²) in [7, 11) is 0. The van der Waals surface area contributed by atoms with Crippen molar-refractivity contribution >= 4 is 63.6 Å². The number of nitrogens with zero attached hydrogens (tertiary/aromatic N) is 2. The highest BCUT2D eigenvalue weighted by molar-refractivity contribution is 7.10. The molecule has 1 aliphatic rings. The van der Waals surface area contributed by atoms with Gasteiger partial charge in [0.2, 0.25) is 0 Å². The number of carbonyl (C=O) groups is 1. The Labute approximate surface area is 151 Å². The van der Waals surface area contributed by atoms with Crippen molar-refractivity contribution in [3.63, 3.8) is 0 Å². The molecule has 1 unspecified atom stereocenters. The van der Waals surface area contributed by atoms with Crippen LogP contribution in [-0.4, -0.2) is 22.3 Å². The lowest BCUT2D eigenvalue weighted by Crippen LogP contribution is -2.38. The molecule has 8 heteroatoms. The van der Waals surface area contributed by atoms with E-state index < -0.39 is 0 Å². The molecule has 3 heterocycles. The summed E-state index contributed by atoms with van der Waals surface area (Å²) in [6.45, 7) is 2.58. The SMILES string of the molecule is CC1c2ccsc2CCN1C(=O)c1nc(Cl)c(Cl)c(Cl)c1Cl. The van der Waals surface area contributed by atoms with Crippen LogP contribution in [0.25, 0.3) is 0 Å². The molecule has 0 spiro atoms. The molecule has 3 nitrogen and oxygen atoms in total. The Bertz CT molecular complexity index is 762. The van der Waals surface area contributed by atoms with Gasteiger partial charge in [-0.3, -0.25) is 4.79 Å². The molecule has 0 aromatic carbocycles. The normalized spacial score (nSPS) is 17.5. The van der Waals surface area contributed by atoms with Crippen molar-refractivity contribution in [2.75, 3.05) is 6.54 Å². The average molecular weight is 396 g/mol. The summed E-state index contributed by atoms with van der Waals surface area (Å²) in [4.78, 5) is 19.8. The lowest BCUT2D eigenvalue weighted by atomic mass is 10.0. The number of amides is 1. The lowest BCUT2D eigenvalue weighted by Gasteiger charge is -2.33. The smallest absolute Gasteiger partial charge is 0.274 e. The first-order valence-electron chi connectivity index (χ1n) is 6.49. The number of carbonyl (C=O) groups excluding carboxylic acids is 1. The van der Waals surface area contributed by atoms with Crippen LogP contribution in [0.4, 0.5) is 0 Å². The van der Waals surface area contributed by atoms with Crippen LogP contribution in [0.3, 0.4) is 0 Å². The van der Waals surface area contributed by atoms with Crippen LogP contribution in [0.1, 0.15) is 33.9 Å². The van der Waals surface area contributed by atoms with Gasteiger partial charge in [0.1, 0.15) is 10.8 Å². The van der Waals surface area contributed by atoms with Gasteiger partial charge in [0.25, 0.3) is 5.91 Å². The minimum Gasteiger partial charge on any atom is -0.330 e. The molecule has 22 heavy (non-hydrogen) atoms. The lowest BCUT2D eigenvalue weighted by molar-refractivity contribution is 0.0673. The van der Waals surface area contributed by atoms with E-state index in [4.69, 9.17) is 46.4 Å². The fourth-order valence-electron chi connectivity index (χ4n) is 2.55. The van der Waals surface area contributed by atoms with Crippen molar-refractivity contribution in [3.05, 3.63) is 47.8 Å². The molecule has 3 rings (SSSR count). The molecule has 0 N–H and O–H groups in total. The monoisotopic (exact) mass is 394 g/mol. The Morgan fingerprint density at radius 3 is 2.73 bits per heavy atom. The topological polar surface area (TPSA) is 33.2 Å². The third-order valence-corrected chi connectivity index (χ3v) is 6.40. The van der Waals surface area contributed by atoms with Crippen LogP contribution in [0.5, 0.6) is 0 Å². The number of aromatic nitrogens is 1. The molecule has 0 fully saturated rings. The molecule has 0 aliphatic carbocycles. The van der Waals surface area contributed by atoms with E-state index in [1.54, 1.807) is 16.2 Å². The Balaban J connectivity index is 1.99. The van der Waals surface area contributed by atoms with E-state index in [0.29, 0.717) is 6.54 Å². The second-order valence-corrected chi connectivity index (χ2v) is 7.41. The second-order valence-electron chi connectivity index (χ2n) is 4.92. The van der Waals surface area contributed by atoms with E-state index >= 15 is 0 Å². The summed E-state index contributed by atoms with van der Waals surface area (Å²) in [6.07, 6.45) is 0.815. The Kier molecular flexibility index (Phi) is 4.59. The van der Waals surface area contributed by atoms with Crippen molar-refractivity contribution < 1.29 is 4.79 Å². The quantitative estimate of drug-likeness (QED) is 0.596. The van der Waals surface area contributed by atoms with Crippen molar-refractivity contribution in [2.24, 2.45) is 0 Å². The third kappa shape index (κ3) is 2.61. The van der Waals surface area contributed by atoms with Gasteiger partial charge in [0.05, 0.1) is 21.1 Å². The minimum absolute atomic E-state index is 0.0275. The molecule has 0 saturated heterocycles. The molecular formula is C14H10Cl4N2OS. The number of halogens is 4. The van der Waals surface area contributed by atoms with Gasteiger partial charge in [-0.05, 0) is 30.4 Å². The molecule has 116 valence electrons. The molecule has 0 radical (unpaired) electrons. The van der Waals surface area contributed by atoms with Gasteiger partial charge in [-0.2, -0.15) is 0 Å². The molecular weight excluding hydrogens is 386 g/mol. The third-order valence-electron chi connectivity index (χ3n) is 3.73. The average Bonchev–Trinajstić information content (AvgIpc) is 2.98. The summed E-state index contributed by atoms with van der Waals surface area (Å²) in [6, 6.07) is 2.00. The van der Waals surface area contributed by atoms with Gasteiger partial charge in [-0.1, -0.05) is 46.4 Å². The highest BCUT2D eigenvalue weighted by Gasteiger charge is 2.32. The van der Waals surface area contributed by atoms with E-state index in [9.17, 15) is 4.79 Å². The summed E-state index contributed by atoms with van der Waals surface area (Å²) in [5.74, 6) is -0.296. The maximum Gasteiger partial charge on any atom is 0.274 e. The fourth-order valence-corrected chi connectivity index (χ4v) is 4.32. The predicted octanol–water partition coefficient (Wildman–Crippen LogP) is 5.52. The fraction of sp³-hybridized carbons (Fsp3) is 0.286. The number of thiophene rings is 1. The maximum absolute atomic E-state index is 12.8. The van der Waals surface area contributed by atoms with Gasteiger partial charge >= 0.3 is 0 Å². The number of fused-ring (bicyclic) bond motifs is 1. The number of hydrogen-bond acceptors (Lipinski definition) is 3. The van der Waals surface area contributed by atoms with Gasteiger partial charge in [0.15, 0.2) is 0 Å². The van der Waals surface area contributed by atoms with Gasteiger partial charge < -0.3 is 4.90 Å². The standard InChI is InChI=1S/C14H10Cl4N2OS/c1-6-7-3-5-22-8(7)2-4-20(6)14(21)12-10(16)9(15)11(17)13(18)19-12/h3,5-6H,2,4H2,1H3. The molecule has 1 atom stereocenters. The van der Waals surface area contributed by atoms with Crippen LogP contribution >= 0.6 is 57.7 Å². The zero-order valence-electron chi connectivity index (χ0n) is 11.4. The van der Waals surface area contributed by atoms with Crippen LogP contribution < -0.4 is 0 Å². The summed E-state index contributed by atoms with van der Waals surface area (Å²) < 4.78 is 0. The van der Waals surface area contributed by atoms with Gasteiger partial charge in [-0.25, -0.2) is 4.98 Å². The molecule has 1 aliphatic heterocycles. The van der Waals surface area contributed by atoms with Crippen LogP contribution in [0.2, 0.25) is 20.2 Å². The first-order valence-corrected chi connectivity index (χ1v) is 8.88. The maximum atomic E-state index is 12.8. The molecule has 2 aromatic heterocycles. The van der Waals surface area contributed by atoms with Gasteiger partial charge in [-0.15, -0.1) is 11.3 Å². The van der Waals surface area contributed by atoms with Crippen LogP contribution in [0.15, 0.2) is 11.4 Å². The largest absolute Gasteiger partial charge is 0.330 e. The molecule has 2 aromatic rings. The highest BCUT2D eigenvalue weighted by atomic mass is 35.5. The van der Waals surface area contributed by atoms with E-state index in [-0.39, 0.29) is 37.9 Å². The van der Waals surface area contributed by atoms with E-state index in [1.807, 2.05) is 18.4 Å². The summed E-state index contributed by atoms with van der Waals surface area (Å²) in [5.41, 5.74) is 1.19. The van der Waals surface area contributed by atoms with E-state index in [1.165, 1.54) is 4.88 Å². The van der Waals surface area contributed by atoms with E-state index in [2.05, 4.69) is 4.98 Å². The number of pyridine rings is 1. The molecule has 0 saturated carbocycles. The second kappa shape index (κ2) is 6.17. The predicted molar refractivity (Wildman–Crippen MR) is 91.8 cm³/mol. The first kappa shape index (κ1) is 16.3. The van der Waals surface area contributed by atoms with Crippen molar-refractivity contribution in [1.82, 2.24) is 9.88 Å². The minimum atomic E-state index is -0.296. The Morgan fingerprint density at radius 2 is 2.00 bits per heavy atom. The summed E-state index contributed by atoms with van der Waals surface area (Å²) in [5, 5.41) is 2.14.